The summed E-state index contributed by atoms with van der Waals surface area (Å²) in [5.74, 6) is -1.10. The van der Waals surface area contributed by atoms with Gasteiger partial charge in [0.25, 0.3) is 5.91 Å². The average molecular weight is 275 g/mol. The number of nitrogens with one attached hydrogen (secondary N) is 1. The van der Waals surface area contributed by atoms with Gasteiger partial charge in [-0.05, 0) is 24.6 Å². The number of hydrogen-bond donors (Lipinski definition) is 2. The Kier molecular flexibility index (Phi) is 3.79. The summed E-state index contributed by atoms with van der Waals surface area (Å²) < 4.78 is 13.5. The SMILES string of the molecule is Cc1c(Br)cc(F)cc1NC(=O)/C=N/O. The third-order valence-electron chi connectivity index (χ3n) is 1.74. The number of hydrogen-bond acceptors (Lipinski definition) is 3. The summed E-state index contributed by atoms with van der Waals surface area (Å²) in [6.07, 6.45) is 0.693. The molecule has 4 nitrogen and oxygen atoms in total. The maximum absolute atomic E-state index is 13.0. The molecule has 1 aromatic carbocycles. The Morgan fingerprint density at radius 3 is 2.93 bits per heavy atom. The van der Waals surface area contributed by atoms with E-state index >= 15 is 0 Å². The van der Waals surface area contributed by atoms with Crippen molar-refractivity contribution in [1.29, 1.82) is 0 Å². The number of amides is 1. The van der Waals surface area contributed by atoms with Crippen LogP contribution in [0.4, 0.5) is 10.1 Å². The highest BCUT2D eigenvalue weighted by molar-refractivity contribution is 9.10. The number of rotatable bonds is 2. The normalized spacial score (nSPS) is 10.6. The summed E-state index contributed by atoms with van der Waals surface area (Å²) in [5.41, 5.74) is 1.02. The van der Waals surface area contributed by atoms with Gasteiger partial charge < -0.3 is 10.5 Å². The van der Waals surface area contributed by atoms with E-state index in [0.29, 0.717) is 21.9 Å². The van der Waals surface area contributed by atoms with Crippen molar-refractivity contribution in [3.05, 3.63) is 28.0 Å². The Morgan fingerprint density at radius 2 is 2.33 bits per heavy atom. The molecule has 1 amide bonds. The molecule has 0 aromatic heterocycles. The predicted octanol–water partition coefficient (Wildman–Crippen LogP) is 2.30. The zero-order valence-corrected chi connectivity index (χ0v) is 9.38. The molecule has 80 valence electrons. The van der Waals surface area contributed by atoms with Crippen LogP contribution in [0.5, 0.6) is 0 Å². The smallest absolute Gasteiger partial charge is 0.270 e. The van der Waals surface area contributed by atoms with Crippen LogP contribution in [0.1, 0.15) is 5.56 Å². The number of carbonyl (C=O) groups is 1. The Morgan fingerprint density at radius 1 is 1.67 bits per heavy atom. The summed E-state index contributed by atoms with van der Waals surface area (Å²) in [6, 6.07) is 2.48. The maximum Gasteiger partial charge on any atom is 0.270 e. The second-order valence-corrected chi connectivity index (χ2v) is 3.65. The van der Waals surface area contributed by atoms with E-state index in [1.54, 1.807) is 6.92 Å². The predicted molar refractivity (Wildman–Crippen MR) is 57.7 cm³/mol. The average Bonchev–Trinajstić information content (AvgIpc) is 2.13. The van der Waals surface area contributed by atoms with E-state index in [-0.39, 0.29) is 0 Å². The van der Waals surface area contributed by atoms with Crippen molar-refractivity contribution >= 4 is 33.7 Å². The molecular formula is C9H8BrFN2O2. The van der Waals surface area contributed by atoms with Gasteiger partial charge in [0, 0.05) is 10.2 Å². The molecule has 2 N–H and O–H groups in total. The fourth-order valence-electron chi connectivity index (χ4n) is 0.993. The molecule has 0 spiro atoms. The van der Waals surface area contributed by atoms with Crippen LogP contribution in [-0.2, 0) is 4.79 Å². The minimum absolute atomic E-state index is 0.326. The van der Waals surface area contributed by atoms with Crippen molar-refractivity contribution in [2.45, 2.75) is 6.92 Å². The van der Waals surface area contributed by atoms with Crippen molar-refractivity contribution in [2.24, 2.45) is 5.16 Å². The quantitative estimate of drug-likeness (QED) is 0.494. The van der Waals surface area contributed by atoms with Crippen molar-refractivity contribution in [3.8, 4) is 0 Å². The van der Waals surface area contributed by atoms with E-state index in [1.165, 1.54) is 12.1 Å². The molecule has 0 aliphatic heterocycles. The second-order valence-electron chi connectivity index (χ2n) is 2.79. The van der Waals surface area contributed by atoms with Crippen LogP contribution in [0.25, 0.3) is 0 Å². The zero-order valence-electron chi connectivity index (χ0n) is 7.79. The van der Waals surface area contributed by atoms with Gasteiger partial charge in [0.1, 0.15) is 12.0 Å². The number of halogens is 2. The van der Waals surface area contributed by atoms with E-state index in [2.05, 4.69) is 26.4 Å². The monoisotopic (exact) mass is 274 g/mol. The molecular weight excluding hydrogens is 267 g/mol. The molecule has 6 heteroatoms. The fourth-order valence-corrected chi connectivity index (χ4v) is 1.43. The molecule has 1 rings (SSSR count). The van der Waals surface area contributed by atoms with Gasteiger partial charge in [-0.1, -0.05) is 21.1 Å². The number of anilines is 1. The highest BCUT2D eigenvalue weighted by Crippen LogP contribution is 2.25. The lowest BCUT2D eigenvalue weighted by Gasteiger charge is -2.07. The van der Waals surface area contributed by atoms with Gasteiger partial charge in [0.2, 0.25) is 0 Å². The summed E-state index contributed by atoms with van der Waals surface area (Å²) in [7, 11) is 0. The van der Waals surface area contributed by atoms with Crippen LogP contribution in [0, 0.1) is 12.7 Å². The Hall–Kier alpha value is -1.43. The van der Waals surface area contributed by atoms with E-state index in [4.69, 9.17) is 5.21 Å². The standard InChI is InChI=1S/C9H8BrFN2O2/c1-5-7(10)2-6(11)3-8(5)13-9(14)4-12-15/h2-4,15H,1H3,(H,13,14)/b12-4+. The van der Waals surface area contributed by atoms with Gasteiger partial charge in [-0.15, -0.1) is 0 Å². The molecule has 0 atom stereocenters. The largest absolute Gasteiger partial charge is 0.411 e. The van der Waals surface area contributed by atoms with Crippen molar-refractivity contribution in [3.63, 3.8) is 0 Å². The highest BCUT2D eigenvalue weighted by Gasteiger charge is 2.07. The molecule has 0 saturated heterocycles. The van der Waals surface area contributed by atoms with Gasteiger partial charge in [-0.25, -0.2) is 4.39 Å². The molecule has 0 aliphatic carbocycles. The summed E-state index contributed by atoms with van der Waals surface area (Å²) in [5, 5.41) is 13.1. The first-order valence-corrected chi connectivity index (χ1v) is 4.78. The summed E-state index contributed by atoms with van der Waals surface area (Å²) in [4.78, 5) is 11.0. The first kappa shape index (κ1) is 11.6. The van der Waals surface area contributed by atoms with E-state index < -0.39 is 11.7 Å². The molecule has 0 bridgehead atoms. The number of oxime groups is 1. The fraction of sp³-hybridized carbons (Fsp3) is 0.111. The van der Waals surface area contributed by atoms with E-state index in [1.807, 2.05) is 0 Å². The van der Waals surface area contributed by atoms with Gasteiger partial charge in [0.15, 0.2) is 0 Å². The van der Waals surface area contributed by atoms with Gasteiger partial charge in [-0.2, -0.15) is 0 Å². The van der Waals surface area contributed by atoms with Crippen LogP contribution in [0.15, 0.2) is 21.8 Å². The lowest BCUT2D eigenvalue weighted by atomic mass is 10.2. The molecule has 0 aliphatic rings. The molecule has 0 radical (unpaired) electrons. The van der Waals surface area contributed by atoms with Crippen molar-refractivity contribution in [2.75, 3.05) is 5.32 Å². The van der Waals surface area contributed by atoms with Crippen molar-refractivity contribution in [1.82, 2.24) is 0 Å². The van der Waals surface area contributed by atoms with Crippen LogP contribution in [0.2, 0.25) is 0 Å². The molecule has 1 aromatic rings. The Balaban J connectivity index is 2.99. The van der Waals surface area contributed by atoms with E-state index in [0.717, 1.165) is 0 Å². The molecule has 0 fully saturated rings. The Bertz CT molecular complexity index is 421. The molecule has 0 heterocycles. The van der Waals surface area contributed by atoms with Crippen LogP contribution < -0.4 is 5.32 Å². The minimum atomic E-state index is -0.627. The first-order valence-electron chi connectivity index (χ1n) is 3.98. The molecule has 0 unspecified atom stereocenters. The highest BCUT2D eigenvalue weighted by atomic mass is 79.9. The summed E-state index contributed by atoms with van der Waals surface area (Å²) in [6.45, 7) is 1.72. The molecule has 15 heavy (non-hydrogen) atoms. The van der Waals surface area contributed by atoms with E-state index in [9.17, 15) is 9.18 Å². The zero-order chi connectivity index (χ0) is 11.4. The first-order chi connectivity index (χ1) is 7.04. The third-order valence-corrected chi connectivity index (χ3v) is 2.57. The van der Waals surface area contributed by atoms with Crippen LogP contribution in [0.3, 0.4) is 0 Å². The minimum Gasteiger partial charge on any atom is -0.411 e. The van der Waals surface area contributed by atoms with Gasteiger partial charge in [-0.3, -0.25) is 4.79 Å². The van der Waals surface area contributed by atoms with Gasteiger partial charge >= 0.3 is 0 Å². The topological polar surface area (TPSA) is 61.7 Å². The third kappa shape index (κ3) is 3.02. The number of nitrogens with zero attached hydrogens (tertiary/aromatic N) is 1. The number of carbonyl (C=O) groups excluding carboxylic acids is 1. The molecule has 0 saturated carbocycles. The Labute approximate surface area is 93.9 Å². The lowest BCUT2D eigenvalue weighted by molar-refractivity contribution is -0.110. The van der Waals surface area contributed by atoms with Crippen LogP contribution in [-0.4, -0.2) is 17.3 Å². The lowest BCUT2D eigenvalue weighted by Crippen LogP contribution is -2.13. The number of benzene rings is 1. The van der Waals surface area contributed by atoms with Gasteiger partial charge in [0.05, 0.1) is 0 Å². The van der Waals surface area contributed by atoms with Crippen molar-refractivity contribution < 1.29 is 14.4 Å². The second kappa shape index (κ2) is 4.88. The summed E-state index contributed by atoms with van der Waals surface area (Å²) >= 11 is 3.15. The maximum atomic E-state index is 13.0. The van der Waals surface area contributed by atoms with Crippen LogP contribution >= 0.6 is 15.9 Å².